The van der Waals surface area contributed by atoms with Crippen molar-refractivity contribution in [3.63, 3.8) is 0 Å². The van der Waals surface area contributed by atoms with Crippen molar-refractivity contribution in [2.45, 2.75) is 38.7 Å². The first-order valence-corrected chi connectivity index (χ1v) is 7.30. The van der Waals surface area contributed by atoms with Crippen LogP contribution in [0.15, 0.2) is 29.8 Å². The van der Waals surface area contributed by atoms with Gasteiger partial charge in [0.2, 0.25) is 0 Å². The van der Waals surface area contributed by atoms with Gasteiger partial charge in [0, 0.05) is 17.9 Å². The van der Waals surface area contributed by atoms with Crippen LogP contribution < -0.4 is 0 Å². The van der Waals surface area contributed by atoms with Crippen LogP contribution in [0.3, 0.4) is 0 Å². The molecule has 1 aromatic rings. The molecule has 106 valence electrons. The van der Waals surface area contributed by atoms with E-state index < -0.39 is 6.10 Å². The molecule has 1 aromatic carbocycles. The Balaban J connectivity index is 2.09. The summed E-state index contributed by atoms with van der Waals surface area (Å²) in [5.74, 6) is 0.273. The molecule has 0 aromatic heterocycles. The molecule has 0 aliphatic heterocycles. The monoisotopic (exact) mass is 274 g/mol. The highest BCUT2D eigenvalue weighted by Gasteiger charge is 2.42. The smallest absolute Gasteiger partial charge is 0.159 e. The number of aliphatic hydroxyl groups is 1. The molecule has 2 aliphatic rings. The Morgan fingerprint density at radius 2 is 2.00 bits per heavy atom. The van der Waals surface area contributed by atoms with E-state index in [0.29, 0.717) is 12.3 Å². The second-order valence-electron chi connectivity index (χ2n) is 5.89. The van der Waals surface area contributed by atoms with Crippen LogP contribution in [-0.2, 0) is 4.79 Å². The Kier molecular flexibility index (Phi) is 3.47. The number of Topliss-reactive ketones (excluding diaryl/α,β-unsaturated/α-hetero) is 1. The van der Waals surface area contributed by atoms with Gasteiger partial charge in [0.1, 0.15) is 5.82 Å². The summed E-state index contributed by atoms with van der Waals surface area (Å²) in [6, 6.07) is 6.35. The zero-order valence-electron chi connectivity index (χ0n) is 11.6. The topological polar surface area (TPSA) is 37.3 Å². The number of hydrogen-bond donors (Lipinski definition) is 1. The number of rotatable bonds is 3. The van der Waals surface area contributed by atoms with Crippen molar-refractivity contribution >= 4 is 11.4 Å². The minimum absolute atomic E-state index is 0.0266. The SMILES string of the molecule is CCC(=O)C1=C(c2ccc(F)cc2)CC2CC(O)C1C2. The Labute approximate surface area is 118 Å². The number of aliphatic hydroxyl groups excluding tert-OH is 1. The molecule has 3 rings (SSSR count). The largest absolute Gasteiger partial charge is 0.392 e. The van der Waals surface area contributed by atoms with Crippen molar-refractivity contribution in [2.24, 2.45) is 11.8 Å². The van der Waals surface area contributed by atoms with Crippen LogP contribution in [-0.4, -0.2) is 17.0 Å². The lowest BCUT2D eigenvalue weighted by atomic mass is 9.77. The maximum Gasteiger partial charge on any atom is 0.159 e. The molecule has 2 nitrogen and oxygen atoms in total. The molecule has 0 amide bonds. The van der Waals surface area contributed by atoms with Gasteiger partial charge in [-0.05, 0) is 48.4 Å². The summed E-state index contributed by atoms with van der Waals surface area (Å²) in [6.45, 7) is 1.85. The molecule has 1 fully saturated rings. The summed E-state index contributed by atoms with van der Waals surface area (Å²) in [5.41, 5.74) is 2.74. The lowest BCUT2D eigenvalue weighted by molar-refractivity contribution is -0.116. The Hall–Kier alpha value is -1.48. The molecule has 0 radical (unpaired) electrons. The second-order valence-corrected chi connectivity index (χ2v) is 5.89. The second kappa shape index (κ2) is 5.13. The number of hydrogen-bond acceptors (Lipinski definition) is 2. The van der Waals surface area contributed by atoms with Crippen LogP contribution in [0.2, 0.25) is 0 Å². The third-order valence-corrected chi connectivity index (χ3v) is 4.63. The summed E-state index contributed by atoms with van der Waals surface area (Å²) in [4.78, 5) is 12.3. The molecule has 3 unspecified atom stereocenters. The predicted octanol–water partition coefficient (Wildman–Crippen LogP) is 3.35. The zero-order valence-corrected chi connectivity index (χ0v) is 11.6. The first kappa shape index (κ1) is 13.5. The number of fused-ring (bicyclic) bond motifs is 2. The van der Waals surface area contributed by atoms with Gasteiger partial charge in [-0.15, -0.1) is 0 Å². The average Bonchev–Trinajstić information content (AvgIpc) is 2.74. The van der Waals surface area contributed by atoms with Crippen LogP contribution in [0, 0.1) is 17.7 Å². The van der Waals surface area contributed by atoms with E-state index in [-0.39, 0.29) is 17.5 Å². The first-order chi connectivity index (χ1) is 9.60. The van der Waals surface area contributed by atoms with Crippen molar-refractivity contribution in [1.29, 1.82) is 0 Å². The number of ketones is 1. The molecule has 3 atom stereocenters. The van der Waals surface area contributed by atoms with Crippen molar-refractivity contribution in [3.8, 4) is 0 Å². The molecule has 20 heavy (non-hydrogen) atoms. The van der Waals surface area contributed by atoms with Gasteiger partial charge in [0.05, 0.1) is 6.10 Å². The standard InChI is InChI=1S/C17H19FO2/c1-2-15(19)17-13(11-3-5-12(18)6-4-11)7-10-8-14(17)16(20)9-10/h3-6,10,14,16,20H,2,7-9H2,1H3. The van der Waals surface area contributed by atoms with Crippen LogP contribution in [0.25, 0.3) is 5.57 Å². The number of carbonyl (C=O) groups is 1. The molecule has 1 N–H and O–H groups in total. The molecule has 2 aliphatic carbocycles. The van der Waals surface area contributed by atoms with E-state index >= 15 is 0 Å². The van der Waals surface area contributed by atoms with E-state index in [2.05, 4.69) is 0 Å². The fourth-order valence-corrected chi connectivity index (χ4v) is 3.71. The van der Waals surface area contributed by atoms with E-state index in [9.17, 15) is 14.3 Å². The predicted molar refractivity (Wildman–Crippen MR) is 75.5 cm³/mol. The molecule has 3 heteroatoms. The highest BCUT2D eigenvalue weighted by atomic mass is 19.1. The van der Waals surface area contributed by atoms with Crippen molar-refractivity contribution in [1.82, 2.24) is 0 Å². The van der Waals surface area contributed by atoms with E-state index in [4.69, 9.17) is 0 Å². The van der Waals surface area contributed by atoms with Gasteiger partial charge in [-0.2, -0.15) is 0 Å². The molecular formula is C17H19FO2. The van der Waals surface area contributed by atoms with Gasteiger partial charge < -0.3 is 5.11 Å². The first-order valence-electron chi connectivity index (χ1n) is 7.30. The van der Waals surface area contributed by atoms with Gasteiger partial charge in [-0.3, -0.25) is 4.79 Å². The number of benzene rings is 1. The van der Waals surface area contributed by atoms with Crippen molar-refractivity contribution in [2.75, 3.05) is 0 Å². The highest BCUT2D eigenvalue weighted by molar-refractivity contribution is 6.03. The quantitative estimate of drug-likeness (QED) is 0.917. The Morgan fingerprint density at radius 3 is 2.65 bits per heavy atom. The molecule has 1 saturated carbocycles. The van der Waals surface area contributed by atoms with Gasteiger partial charge in [-0.1, -0.05) is 19.1 Å². The average molecular weight is 274 g/mol. The number of allylic oxidation sites excluding steroid dienone is 1. The maximum atomic E-state index is 13.1. The fourth-order valence-electron chi connectivity index (χ4n) is 3.71. The van der Waals surface area contributed by atoms with Crippen LogP contribution in [0.1, 0.15) is 38.2 Å². The molecule has 0 spiro atoms. The maximum absolute atomic E-state index is 13.1. The van der Waals surface area contributed by atoms with Gasteiger partial charge in [0.15, 0.2) is 5.78 Å². The van der Waals surface area contributed by atoms with E-state index in [1.54, 1.807) is 12.1 Å². The summed E-state index contributed by atoms with van der Waals surface area (Å²) >= 11 is 0. The normalized spacial score (nSPS) is 28.9. The van der Waals surface area contributed by atoms with Crippen LogP contribution >= 0.6 is 0 Å². The van der Waals surface area contributed by atoms with Crippen molar-refractivity contribution < 1.29 is 14.3 Å². The molecule has 2 bridgehead atoms. The summed E-state index contributed by atoms with van der Waals surface area (Å²) in [5, 5.41) is 10.2. The van der Waals surface area contributed by atoms with Crippen molar-refractivity contribution in [3.05, 3.63) is 41.2 Å². The minimum Gasteiger partial charge on any atom is -0.392 e. The molecular weight excluding hydrogens is 255 g/mol. The summed E-state index contributed by atoms with van der Waals surface area (Å²) < 4.78 is 13.1. The lowest BCUT2D eigenvalue weighted by Gasteiger charge is -2.26. The zero-order chi connectivity index (χ0) is 14.3. The number of carbonyl (C=O) groups excluding carboxylic acids is 1. The molecule has 0 heterocycles. The van der Waals surface area contributed by atoms with E-state index in [0.717, 1.165) is 36.0 Å². The van der Waals surface area contributed by atoms with Gasteiger partial charge >= 0.3 is 0 Å². The fraction of sp³-hybridized carbons (Fsp3) is 0.471. The molecule has 0 saturated heterocycles. The minimum atomic E-state index is -0.400. The van der Waals surface area contributed by atoms with E-state index in [1.807, 2.05) is 6.92 Å². The summed E-state index contributed by atoms with van der Waals surface area (Å²) in [7, 11) is 0. The highest BCUT2D eigenvalue weighted by Crippen LogP contribution is 2.48. The van der Waals surface area contributed by atoms with Crippen LogP contribution in [0.5, 0.6) is 0 Å². The van der Waals surface area contributed by atoms with Gasteiger partial charge in [0.25, 0.3) is 0 Å². The lowest BCUT2D eigenvalue weighted by Crippen LogP contribution is -2.23. The summed E-state index contributed by atoms with van der Waals surface area (Å²) in [6.07, 6.45) is 2.56. The number of halogens is 1. The van der Waals surface area contributed by atoms with Crippen LogP contribution in [0.4, 0.5) is 4.39 Å². The Morgan fingerprint density at radius 1 is 1.30 bits per heavy atom. The Bertz CT molecular complexity index is 559. The third kappa shape index (κ3) is 2.20. The third-order valence-electron chi connectivity index (χ3n) is 4.63. The van der Waals surface area contributed by atoms with Gasteiger partial charge in [-0.25, -0.2) is 4.39 Å². The van der Waals surface area contributed by atoms with E-state index in [1.165, 1.54) is 12.1 Å².